The SMILES string of the molecule is Cc1cc(C(=O)Nc2cccc(S(=O)(=O)NC3CC3)c2)nn1C(C)C. The number of benzene rings is 1. The Morgan fingerprint density at radius 3 is 2.60 bits per heavy atom. The first-order valence-electron chi connectivity index (χ1n) is 8.26. The highest BCUT2D eigenvalue weighted by atomic mass is 32.2. The third-order valence-corrected chi connectivity index (χ3v) is 5.46. The monoisotopic (exact) mass is 362 g/mol. The van der Waals surface area contributed by atoms with Crippen molar-refractivity contribution in [2.45, 2.75) is 50.6 Å². The van der Waals surface area contributed by atoms with Gasteiger partial charge in [-0.05, 0) is 57.9 Å². The third-order valence-electron chi connectivity index (χ3n) is 3.95. The molecule has 8 heteroatoms. The lowest BCUT2D eigenvalue weighted by atomic mass is 10.3. The largest absolute Gasteiger partial charge is 0.321 e. The molecule has 1 aliphatic carbocycles. The summed E-state index contributed by atoms with van der Waals surface area (Å²) in [4.78, 5) is 12.5. The number of aryl methyl sites for hydroxylation is 1. The molecule has 1 amide bonds. The van der Waals surface area contributed by atoms with Crippen molar-refractivity contribution in [1.82, 2.24) is 14.5 Å². The number of carbonyl (C=O) groups is 1. The fourth-order valence-corrected chi connectivity index (χ4v) is 3.90. The molecule has 1 heterocycles. The van der Waals surface area contributed by atoms with E-state index in [4.69, 9.17) is 0 Å². The highest BCUT2D eigenvalue weighted by molar-refractivity contribution is 7.89. The van der Waals surface area contributed by atoms with Crippen LogP contribution < -0.4 is 10.0 Å². The van der Waals surface area contributed by atoms with Crippen LogP contribution in [0.2, 0.25) is 0 Å². The summed E-state index contributed by atoms with van der Waals surface area (Å²) in [6.45, 7) is 5.87. The molecule has 0 saturated heterocycles. The number of rotatable bonds is 6. The maximum absolute atomic E-state index is 12.4. The highest BCUT2D eigenvalue weighted by Gasteiger charge is 2.28. The van der Waals surface area contributed by atoms with Gasteiger partial charge in [0.25, 0.3) is 5.91 Å². The van der Waals surface area contributed by atoms with E-state index >= 15 is 0 Å². The smallest absolute Gasteiger partial charge is 0.276 e. The van der Waals surface area contributed by atoms with Crippen LogP contribution in [0.25, 0.3) is 0 Å². The van der Waals surface area contributed by atoms with Crippen LogP contribution in [0.15, 0.2) is 35.2 Å². The van der Waals surface area contributed by atoms with Gasteiger partial charge in [-0.25, -0.2) is 13.1 Å². The number of carbonyl (C=O) groups excluding carboxylic acids is 1. The molecule has 1 aromatic carbocycles. The van der Waals surface area contributed by atoms with Crippen molar-refractivity contribution < 1.29 is 13.2 Å². The molecular formula is C17H22N4O3S. The Labute approximate surface area is 147 Å². The molecule has 0 spiro atoms. The van der Waals surface area contributed by atoms with Gasteiger partial charge in [0, 0.05) is 23.5 Å². The zero-order valence-corrected chi connectivity index (χ0v) is 15.3. The number of anilines is 1. The lowest BCUT2D eigenvalue weighted by molar-refractivity contribution is 0.102. The topological polar surface area (TPSA) is 93.1 Å². The van der Waals surface area contributed by atoms with Crippen molar-refractivity contribution in [1.29, 1.82) is 0 Å². The van der Waals surface area contributed by atoms with E-state index in [2.05, 4.69) is 15.1 Å². The molecule has 2 aromatic rings. The number of sulfonamides is 1. The summed E-state index contributed by atoms with van der Waals surface area (Å²) in [5, 5.41) is 7.01. The molecule has 1 aliphatic rings. The summed E-state index contributed by atoms with van der Waals surface area (Å²) < 4.78 is 28.9. The van der Waals surface area contributed by atoms with Crippen molar-refractivity contribution >= 4 is 21.6 Å². The maximum atomic E-state index is 12.4. The Bertz CT molecular complexity index is 898. The average molecular weight is 362 g/mol. The minimum atomic E-state index is -3.55. The number of hydrogen-bond acceptors (Lipinski definition) is 4. The van der Waals surface area contributed by atoms with Crippen molar-refractivity contribution in [3.63, 3.8) is 0 Å². The van der Waals surface area contributed by atoms with Crippen LogP contribution in [0.1, 0.15) is 48.9 Å². The van der Waals surface area contributed by atoms with E-state index in [0.29, 0.717) is 11.4 Å². The number of hydrogen-bond donors (Lipinski definition) is 2. The molecule has 134 valence electrons. The summed E-state index contributed by atoms with van der Waals surface area (Å²) in [5.74, 6) is -0.368. The molecule has 0 aliphatic heterocycles. The fourth-order valence-electron chi connectivity index (χ4n) is 2.55. The van der Waals surface area contributed by atoms with Crippen LogP contribution in [-0.2, 0) is 10.0 Å². The minimum Gasteiger partial charge on any atom is -0.321 e. The lowest BCUT2D eigenvalue weighted by Gasteiger charge is -2.09. The third kappa shape index (κ3) is 4.08. The first-order valence-corrected chi connectivity index (χ1v) is 9.74. The molecule has 1 aromatic heterocycles. The van der Waals surface area contributed by atoms with Gasteiger partial charge in [0.05, 0.1) is 4.90 Å². The quantitative estimate of drug-likeness (QED) is 0.825. The van der Waals surface area contributed by atoms with Crippen molar-refractivity contribution in [2.75, 3.05) is 5.32 Å². The van der Waals surface area contributed by atoms with E-state index in [1.807, 2.05) is 20.8 Å². The van der Waals surface area contributed by atoms with Gasteiger partial charge in [-0.15, -0.1) is 0 Å². The summed E-state index contributed by atoms with van der Waals surface area (Å²) >= 11 is 0. The van der Waals surface area contributed by atoms with E-state index in [0.717, 1.165) is 18.5 Å². The first-order chi connectivity index (χ1) is 11.8. The zero-order valence-electron chi connectivity index (χ0n) is 14.5. The predicted octanol–water partition coefficient (Wildman–Crippen LogP) is 2.47. The lowest BCUT2D eigenvalue weighted by Crippen LogP contribution is -2.25. The number of aromatic nitrogens is 2. The van der Waals surface area contributed by atoms with Crippen LogP contribution >= 0.6 is 0 Å². The Morgan fingerprint density at radius 1 is 1.28 bits per heavy atom. The van der Waals surface area contributed by atoms with Gasteiger partial charge < -0.3 is 5.32 Å². The summed E-state index contributed by atoms with van der Waals surface area (Å²) in [6, 6.07) is 8.13. The maximum Gasteiger partial charge on any atom is 0.276 e. The average Bonchev–Trinajstić information content (AvgIpc) is 3.25. The Balaban J connectivity index is 1.77. The number of nitrogens with one attached hydrogen (secondary N) is 2. The van der Waals surface area contributed by atoms with Crippen LogP contribution in [0.3, 0.4) is 0 Å². The van der Waals surface area contributed by atoms with Gasteiger partial charge in [0.1, 0.15) is 0 Å². The van der Waals surface area contributed by atoms with E-state index in [9.17, 15) is 13.2 Å². The van der Waals surface area contributed by atoms with Gasteiger partial charge in [0.2, 0.25) is 10.0 Å². The molecule has 25 heavy (non-hydrogen) atoms. The summed E-state index contributed by atoms with van der Waals surface area (Å²) in [6.07, 6.45) is 1.74. The zero-order chi connectivity index (χ0) is 18.2. The van der Waals surface area contributed by atoms with Crippen LogP contribution in [0.5, 0.6) is 0 Å². The number of nitrogens with zero attached hydrogens (tertiary/aromatic N) is 2. The molecule has 3 rings (SSSR count). The van der Waals surface area contributed by atoms with Crippen molar-refractivity contribution in [3.8, 4) is 0 Å². The van der Waals surface area contributed by atoms with Gasteiger partial charge in [-0.2, -0.15) is 5.10 Å². The van der Waals surface area contributed by atoms with E-state index in [1.165, 1.54) is 12.1 Å². The van der Waals surface area contributed by atoms with E-state index < -0.39 is 10.0 Å². The molecule has 0 bridgehead atoms. The normalized spacial score (nSPS) is 14.7. The van der Waals surface area contributed by atoms with Crippen molar-refractivity contribution in [2.24, 2.45) is 0 Å². The molecule has 0 radical (unpaired) electrons. The fraction of sp³-hybridized carbons (Fsp3) is 0.412. The van der Waals surface area contributed by atoms with Gasteiger partial charge in [0.15, 0.2) is 5.69 Å². The van der Waals surface area contributed by atoms with Crippen LogP contribution in [0.4, 0.5) is 5.69 Å². The van der Waals surface area contributed by atoms with Gasteiger partial charge in [-0.3, -0.25) is 9.48 Å². The van der Waals surface area contributed by atoms with E-state index in [1.54, 1.807) is 22.9 Å². The second kappa shape index (κ2) is 6.61. The predicted molar refractivity (Wildman–Crippen MR) is 95.1 cm³/mol. The first kappa shape index (κ1) is 17.6. The molecular weight excluding hydrogens is 340 g/mol. The molecule has 7 nitrogen and oxygen atoms in total. The van der Waals surface area contributed by atoms with E-state index in [-0.39, 0.29) is 22.9 Å². The minimum absolute atomic E-state index is 0.0335. The standard InChI is InChI=1S/C17H22N4O3S/c1-11(2)21-12(3)9-16(19-21)17(22)18-14-5-4-6-15(10-14)25(23,24)20-13-7-8-13/h4-6,9-11,13,20H,7-8H2,1-3H3,(H,18,22). The molecule has 1 fully saturated rings. The number of amides is 1. The second-order valence-corrected chi connectivity index (χ2v) is 8.30. The van der Waals surface area contributed by atoms with Crippen LogP contribution in [-0.4, -0.2) is 30.1 Å². The van der Waals surface area contributed by atoms with Crippen molar-refractivity contribution in [3.05, 3.63) is 41.7 Å². The molecule has 0 atom stereocenters. The van der Waals surface area contributed by atoms with Gasteiger partial charge in [-0.1, -0.05) is 6.07 Å². The Kier molecular flexibility index (Phi) is 4.66. The Hall–Kier alpha value is -2.19. The summed E-state index contributed by atoms with van der Waals surface area (Å²) in [5.41, 5.74) is 1.61. The molecule has 2 N–H and O–H groups in total. The van der Waals surface area contributed by atoms with Gasteiger partial charge >= 0.3 is 0 Å². The molecule has 0 unspecified atom stereocenters. The van der Waals surface area contributed by atoms with Crippen LogP contribution in [0, 0.1) is 6.92 Å². The highest BCUT2D eigenvalue weighted by Crippen LogP contribution is 2.23. The summed E-state index contributed by atoms with van der Waals surface area (Å²) in [7, 11) is -3.55. The molecule has 1 saturated carbocycles. The Morgan fingerprint density at radius 2 is 2.00 bits per heavy atom. The second-order valence-electron chi connectivity index (χ2n) is 6.59.